The van der Waals surface area contributed by atoms with Crippen molar-refractivity contribution in [2.24, 2.45) is 0 Å². The molecule has 1 atom stereocenters. The second-order valence-electron chi connectivity index (χ2n) is 3.91. The minimum Gasteiger partial charge on any atom is -0.480 e. The van der Waals surface area contributed by atoms with E-state index in [1.54, 1.807) is 12.1 Å². The van der Waals surface area contributed by atoms with Crippen molar-refractivity contribution < 1.29 is 19.1 Å². The molecule has 0 saturated heterocycles. The Hall–Kier alpha value is -2.11. The topological polar surface area (TPSA) is 69.6 Å². The third kappa shape index (κ3) is 3.73. The standard InChI is InChI=1S/C12H15FN2O3/c1-8(11(16)17)15(2)12(18)14-7-9-4-3-5-10(13)6-9/h3-6,8H,7H2,1-2H3,(H,14,18)(H,16,17). The van der Waals surface area contributed by atoms with E-state index in [1.165, 1.54) is 26.1 Å². The normalized spacial score (nSPS) is 11.7. The third-order valence-corrected chi connectivity index (χ3v) is 2.59. The minimum absolute atomic E-state index is 0.146. The monoisotopic (exact) mass is 254 g/mol. The van der Waals surface area contributed by atoms with E-state index < -0.39 is 18.0 Å². The predicted molar refractivity (Wildman–Crippen MR) is 63.5 cm³/mol. The lowest BCUT2D eigenvalue weighted by Gasteiger charge is -2.21. The zero-order chi connectivity index (χ0) is 13.7. The van der Waals surface area contributed by atoms with Crippen molar-refractivity contribution in [1.29, 1.82) is 0 Å². The van der Waals surface area contributed by atoms with E-state index in [4.69, 9.17) is 5.11 Å². The number of carbonyl (C=O) groups is 2. The van der Waals surface area contributed by atoms with Crippen LogP contribution in [0.25, 0.3) is 0 Å². The largest absolute Gasteiger partial charge is 0.480 e. The Balaban J connectivity index is 2.53. The summed E-state index contributed by atoms with van der Waals surface area (Å²) in [6, 6.07) is 4.39. The molecular weight excluding hydrogens is 239 g/mol. The van der Waals surface area contributed by atoms with Gasteiger partial charge in [0.05, 0.1) is 0 Å². The van der Waals surface area contributed by atoms with E-state index in [9.17, 15) is 14.0 Å². The second kappa shape index (κ2) is 6.00. The molecular formula is C12H15FN2O3. The fourth-order valence-corrected chi connectivity index (χ4v) is 1.29. The lowest BCUT2D eigenvalue weighted by atomic mass is 10.2. The van der Waals surface area contributed by atoms with E-state index in [2.05, 4.69) is 5.32 Å². The first-order valence-electron chi connectivity index (χ1n) is 5.39. The molecule has 98 valence electrons. The summed E-state index contributed by atoms with van der Waals surface area (Å²) in [6.07, 6.45) is 0. The number of rotatable bonds is 4. The maximum Gasteiger partial charge on any atom is 0.326 e. The molecule has 1 aromatic rings. The number of hydrogen-bond donors (Lipinski definition) is 2. The first-order chi connectivity index (χ1) is 8.41. The molecule has 0 heterocycles. The predicted octanol–water partition coefficient (Wildman–Crippen LogP) is 1.44. The van der Waals surface area contributed by atoms with Gasteiger partial charge in [-0.05, 0) is 24.6 Å². The molecule has 6 heteroatoms. The first-order valence-corrected chi connectivity index (χ1v) is 5.39. The number of carboxylic acid groups (broad SMARTS) is 1. The van der Waals surface area contributed by atoms with Crippen LogP contribution in [0.4, 0.5) is 9.18 Å². The summed E-state index contributed by atoms with van der Waals surface area (Å²) >= 11 is 0. The summed E-state index contributed by atoms with van der Waals surface area (Å²) in [6.45, 7) is 1.55. The van der Waals surface area contributed by atoms with Crippen molar-refractivity contribution in [1.82, 2.24) is 10.2 Å². The number of nitrogens with zero attached hydrogens (tertiary/aromatic N) is 1. The molecule has 0 aliphatic carbocycles. The molecule has 5 nitrogen and oxygen atoms in total. The lowest BCUT2D eigenvalue weighted by molar-refractivity contribution is -0.141. The zero-order valence-corrected chi connectivity index (χ0v) is 10.2. The van der Waals surface area contributed by atoms with Gasteiger partial charge in [-0.3, -0.25) is 0 Å². The number of aliphatic carboxylic acids is 1. The van der Waals surface area contributed by atoms with Crippen LogP contribution in [0.1, 0.15) is 12.5 Å². The van der Waals surface area contributed by atoms with Crippen LogP contribution in [-0.4, -0.2) is 35.1 Å². The molecule has 2 N–H and O–H groups in total. The molecule has 0 saturated carbocycles. The molecule has 18 heavy (non-hydrogen) atoms. The van der Waals surface area contributed by atoms with Crippen molar-refractivity contribution in [3.05, 3.63) is 35.6 Å². The number of carboxylic acids is 1. The van der Waals surface area contributed by atoms with E-state index in [-0.39, 0.29) is 12.4 Å². The van der Waals surface area contributed by atoms with E-state index in [0.717, 1.165) is 4.90 Å². The Kier molecular flexibility index (Phi) is 4.65. The molecule has 0 radical (unpaired) electrons. The van der Waals surface area contributed by atoms with Crippen LogP contribution in [0.15, 0.2) is 24.3 Å². The molecule has 0 fully saturated rings. The van der Waals surface area contributed by atoms with Gasteiger partial charge in [0.2, 0.25) is 0 Å². The minimum atomic E-state index is -1.08. The Morgan fingerprint density at radius 3 is 2.72 bits per heavy atom. The van der Waals surface area contributed by atoms with Gasteiger partial charge in [0.15, 0.2) is 0 Å². The van der Waals surface area contributed by atoms with Gasteiger partial charge < -0.3 is 15.3 Å². The van der Waals surface area contributed by atoms with Gasteiger partial charge in [-0.25, -0.2) is 14.0 Å². The van der Waals surface area contributed by atoms with E-state index >= 15 is 0 Å². The van der Waals surface area contributed by atoms with Crippen molar-refractivity contribution in [3.8, 4) is 0 Å². The summed E-state index contributed by atoms with van der Waals surface area (Å²) in [5.41, 5.74) is 0.611. The Morgan fingerprint density at radius 1 is 1.50 bits per heavy atom. The summed E-state index contributed by atoms with van der Waals surface area (Å²) in [7, 11) is 1.39. The quantitative estimate of drug-likeness (QED) is 0.854. The summed E-state index contributed by atoms with van der Waals surface area (Å²) in [5.74, 6) is -1.47. The van der Waals surface area contributed by atoms with Crippen molar-refractivity contribution >= 4 is 12.0 Å². The number of urea groups is 1. The summed E-state index contributed by atoms with van der Waals surface area (Å²) in [5, 5.41) is 11.3. The van der Waals surface area contributed by atoms with Crippen molar-refractivity contribution in [3.63, 3.8) is 0 Å². The van der Waals surface area contributed by atoms with Gasteiger partial charge in [-0.2, -0.15) is 0 Å². The van der Waals surface area contributed by atoms with Crippen LogP contribution in [0.3, 0.4) is 0 Å². The van der Waals surface area contributed by atoms with E-state index in [1.807, 2.05) is 0 Å². The average molecular weight is 254 g/mol. The van der Waals surface area contributed by atoms with Crippen molar-refractivity contribution in [2.75, 3.05) is 7.05 Å². The zero-order valence-electron chi connectivity index (χ0n) is 10.2. The van der Waals surface area contributed by atoms with Crippen LogP contribution in [0.2, 0.25) is 0 Å². The van der Waals surface area contributed by atoms with Crippen LogP contribution >= 0.6 is 0 Å². The highest BCUT2D eigenvalue weighted by Crippen LogP contribution is 2.03. The number of hydrogen-bond acceptors (Lipinski definition) is 2. The third-order valence-electron chi connectivity index (χ3n) is 2.59. The maximum atomic E-state index is 12.9. The molecule has 0 bridgehead atoms. The molecule has 1 aromatic carbocycles. The Labute approximate surface area is 104 Å². The number of benzene rings is 1. The molecule has 1 unspecified atom stereocenters. The highest BCUT2D eigenvalue weighted by molar-refractivity contribution is 5.82. The Bertz CT molecular complexity index is 451. The number of amides is 2. The SMILES string of the molecule is CC(C(=O)O)N(C)C(=O)NCc1cccc(F)c1. The van der Waals surface area contributed by atoms with Gasteiger partial charge in [0, 0.05) is 13.6 Å². The van der Waals surface area contributed by atoms with Gasteiger partial charge in [0.25, 0.3) is 0 Å². The fourth-order valence-electron chi connectivity index (χ4n) is 1.29. The number of halogens is 1. The smallest absolute Gasteiger partial charge is 0.326 e. The highest BCUT2D eigenvalue weighted by Gasteiger charge is 2.21. The first kappa shape index (κ1) is 14.0. The number of likely N-dealkylation sites (N-methyl/N-ethyl adjacent to an activating group) is 1. The molecule has 1 rings (SSSR count). The van der Waals surface area contributed by atoms with E-state index in [0.29, 0.717) is 5.56 Å². The van der Waals surface area contributed by atoms with Crippen LogP contribution < -0.4 is 5.32 Å². The molecule has 0 spiro atoms. The second-order valence-corrected chi connectivity index (χ2v) is 3.91. The molecule has 0 aromatic heterocycles. The maximum absolute atomic E-state index is 12.9. The van der Waals surface area contributed by atoms with Gasteiger partial charge >= 0.3 is 12.0 Å². The average Bonchev–Trinajstić information content (AvgIpc) is 2.34. The molecule has 2 amide bonds. The van der Waals surface area contributed by atoms with Gasteiger partial charge in [-0.1, -0.05) is 12.1 Å². The molecule has 0 aliphatic rings. The van der Waals surface area contributed by atoms with Gasteiger partial charge in [0.1, 0.15) is 11.9 Å². The van der Waals surface area contributed by atoms with Crippen LogP contribution in [-0.2, 0) is 11.3 Å². The van der Waals surface area contributed by atoms with Crippen LogP contribution in [0.5, 0.6) is 0 Å². The van der Waals surface area contributed by atoms with Crippen molar-refractivity contribution in [2.45, 2.75) is 19.5 Å². The summed E-state index contributed by atoms with van der Waals surface area (Å²) < 4.78 is 12.9. The van der Waals surface area contributed by atoms with Crippen LogP contribution in [0, 0.1) is 5.82 Å². The van der Waals surface area contributed by atoms with Gasteiger partial charge in [-0.15, -0.1) is 0 Å². The number of nitrogens with one attached hydrogen (secondary N) is 1. The Morgan fingerprint density at radius 2 is 2.17 bits per heavy atom. The highest BCUT2D eigenvalue weighted by atomic mass is 19.1. The molecule has 0 aliphatic heterocycles. The fraction of sp³-hybridized carbons (Fsp3) is 0.333. The summed E-state index contributed by atoms with van der Waals surface area (Å²) in [4.78, 5) is 23.4. The lowest BCUT2D eigenvalue weighted by Crippen LogP contribution is -2.45. The number of carbonyl (C=O) groups excluding carboxylic acids is 1.